The van der Waals surface area contributed by atoms with Crippen LogP contribution in [0.15, 0.2) is 122 Å². The van der Waals surface area contributed by atoms with E-state index in [1.54, 1.807) is 0 Å². The second-order valence-corrected chi connectivity index (χ2v) is 10.2. The van der Waals surface area contributed by atoms with Gasteiger partial charge in [-0.25, -0.2) is 4.57 Å². The molecule has 0 saturated heterocycles. The van der Waals surface area contributed by atoms with E-state index in [4.69, 9.17) is 0 Å². The van der Waals surface area contributed by atoms with E-state index >= 15 is 0 Å². The maximum Gasteiger partial charge on any atom is 0.213 e. The minimum absolute atomic E-state index is 0.135. The maximum atomic E-state index is 2.52. The Kier molecular flexibility index (Phi) is 6.25. The Labute approximate surface area is 226 Å². The predicted octanol–water partition coefficient (Wildman–Crippen LogP) is 7.87. The third-order valence-corrected chi connectivity index (χ3v) is 8.27. The van der Waals surface area contributed by atoms with Gasteiger partial charge in [0.05, 0.1) is 11.1 Å². The van der Waals surface area contributed by atoms with E-state index in [-0.39, 0.29) is 5.54 Å². The summed E-state index contributed by atoms with van der Waals surface area (Å²) in [6.45, 7) is 4.65. The number of aryl methyl sites for hydroxylation is 1. The first-order valence-corrected chi connectivity index (χ1v) is 13.6. The standard InChI is InChI=1S/C36H34N2/c1-4-36(5-2)33(31-17-9-10-18-32(31)35-20-12-14-24-38(35)36)26-29-25-28(27-15-7-6-8-16-27)21-22-30(29)34-19-11-13-23-37(34)3/h6-26H,4-5H2,1-3H3/q+2. The predicted molar refractivity (Wildman–Crippen MR) is 157 cm³/mol. The molecule has 5 aromatic rings. The number of aromatic nitrogens is 2. The lowest BCUT2D eigenvalue weighted by Gasteiger charge is -2.35. The molecule has 1 aliphatic rings. The molecule has 1 aliphatic heterocycles. The van der Waals surface area contributed by atoms with Crippen molar-refractivity contribution in [1.29, 1.82) is 0 Å². The molecule has 3 aromatic carbocycles. The topological polar surface area (TPSA) is 7.76 Å². The van der Waals surface area contributed by atoms with Gasteiger partial charge >= 0.3 is 0 Å². The van der Waals surface area contributed by atoms with Crippen molar-refractivity contribution in [2.45, 2.75) is 32.2 Å². The minimum Gasteiger partial charge on any atom is -0.201 e. The Bertz CT molecular complexity index is 1640. The van der Waals surface area contributed by atoms with E-state index < -0.39 is 0 Å². The number of hydrogen-bond acceptors (Lipinski definition) is 0. The van der Waals surface area contributed by atoms with Gasteiger partial charge in [-0.15, -0.1) is 0 Å². The van der Waals surface area contributed by atoms with Gasteiger partial charge in [0.25, 0.3) is 0 Å². The average molecular weight is 495 g/mol. The van der Waals surface area contributed by atoms with Crippen molar-refractivity contribution >= 4 is 11.6 Å². The van der Waals surface area contributed by atoms with Gasteiger partial charge in [-0.05, 0) is 58.7 Å². The summed E-state index contributed by atoms with van der Waals surface area (Å²) in [4.78, 5) is 0. The summed E-state index contributed by atoms with van der Waals surface area (Å²) in [5.74, 6) is 0. The van der Waals surface area contributed by atoms with Crippen LogP contribution in [-0.2, 0) is 12.6 Å². The zero-order valence-electron chi connectivity index (χ0n) is 22.4. The number of nitrogens with zero attached hydrogens (tertiary/aromatic N) is 2. The number of pyridine rings is 2. The zero-order chi connectivity index (χ0) is 26.1. The number of allylic oxidation sites excluding steroid dienone is 1. The second kappa shape index (κ2) is 9.87. The molecule has 0 amide bonds. The lowest BCUT2D eigenvalue weighted by Crippen LogP contribution is -2.59. The lowest BCUT2D eigenvalue weighted by molar-refractivity contribution is -0.741. The van der Waals surface area contributed by atoms with Crippen molar-refractivity contribution in [2.75, 3.05) is 0 Å². The van der Waals surface area contributed by atoms with Gasteiger partial charge in [0.2, 0.25) is 11.4 Å². The first-order valence-electron chi connectivity index (χ1n) is 13.6. The van der Waals surface area contributed by atoms with E-state index in [1.807, 2.05) is 0 Å². The number of hydrogen-bond donors (Lipinski definition) is 0. The molecule has 2 nitrogen and oxygen atoms in total. The fourth-order valence-electron chi connectivity index (χ4n) is 6.23. The molecule has 186 valence electrons. The third-order valence-electron chi connectivity index (χ3n) is 8.27. The first-order chi connectivity index (χ1) is 18.7. The Morgan fingerprint density at radius 3 is 2.00 bits per heavy atom. The molecule has 0 radical (unpaired) electrons. The SMILES string of the molecule is CCC1(CC)C(=Cc2cc(-c3ccccc3)ccc2-c2cccc[n+]2C)c2ccccc2-c2cccc[n+]21. The summed E-state index contributed by atoms with van der Waals surface area (Å²) in [6, 6.07) is 39.5. The molecule has 3 heterocycles. The van der Waals surface area contributed by atoms with Crippen molar-refractivity contribution in [2.24, 2.45) is 7.05 Å². The van der Waals surface area contributed by atoms with Gasteiger partial charge in [0, 0.05) is 42.7 Å². The molecule has 0 unspecified atom stereocenters. The van der Waals surface area contributed by atoms with Crippen LogP contribution in [0.4, 0.5) is 0 Å². The van der Waals surface area contributed by atoms with E-state index in [9.17, 15) is 0 Å². The van der Waals surface area contributed by atoms with E-state index in [2.05, 4.69) is 158 Å². The van der Waals surface area contributed by atoms with Crippen LogP contribution in [-0.4, -0.2) is 0 Å². The molecule has 0 aliphatic carbocycles. The Morgan fingerprint density at radius 1 is 0.605 bits per heavy atom. The second-order valence-electron chi connectivity index (χ2n) is 10.2. The summed E-state index contributed by atoms with van der Waals surface area (Å²) in [6.07, 6.45) is 8.90. The van der Waals surface area contributed by atoms with Crippen molar-refractivity contribution in [3.05, 3.63) is 133 Å². The van der Waals surface area contributed by atoms with Crippen LogP contribution in [0.3, 0.4) is 0 Å². The van der Waals surface area contributed by atoms with Gasteiger partial charge in [-0.1, -0.05) is 68.4 Å². The summed E-state index contributed by atoms with van der Waals surface area (Å²) in [5, 5.41) is 0. The lowest BCUT2D eigenvalue weighted by atomic mass is 9.74. The first kappa shape index (κ1) is 24.1. The van der Waals surface area contributed by atoms with Gasteiger partial charge in [-0.3, -0.25) is 0 Å². The van der Waals surface area contributed by atoms with Crippen LogP contribution in [0.2, 0.25) is 0 Å². The van der Waals surface area contributed by atoms with Gasteiger partial charge in [-0.2, -0.15) is 4.57 Å². The van der Waals surface area contributed by atoms with Gasteiger partial charge in [0.1, 0.15) is 7.05 Å². The van der Waals surface area contributed by atoms with Crippen molar-refractivity contribution in [3.63, 3.8) is 0 Å². The Hall–Kier alpha value is -4.30. The Morgan fingerprint density at radius 2 is 1.26 bits per heavy atom. The fourth-order valence-corrected chi connectivity index (χ4v) is 6.23. The summed E-state index contributed by atoms with van der Waals surface area (Å²) in [5.41, 5.74) is 11.3. The molecular weight excluding hydrogens is 460 g/mol. The zero-order valence-corrected chi connectivity index (χ0v) is 22.4. The molecule has 0 saturated carbocycles. The highest BCUT2D eigenvalue weighted by molar-refractivity contribution is 5.95. The van der Waals surface area contributed by atoms with Crippen LogP contribution < -0.4 is 9.13 Å². The van der Waals surface area contributed by atoms with Crippen molar-refractivity contribution < 1.29 is 9.13 Å². The highest BCUT2D eigenvalue weighted by Crippen LogP contribution is 2.46. The number of benzene rings is 3. The summed E-state index contributed by atoms with van der Waals surface area (Å²) in [7, 11) is 2.13. The van der Waals surface area contributed by atoms with Crippen LogP contribution in [0.1, 0.15) is 37.8 Å². The minimum atomic E-state index is -0.135. The monoisotopic (exact) mass is 494 g/mol. The van der Waals surface area contributed by atoms with Crippen LogP contribution in [0.25, 0.3) is 45.3 Å². The van der Waals surface area contributed by atoms with E-state index in [0.717, 1.165) is 12.8 Å². The number of fused-ring (bicyclic) bond motifs is 3. The molecule has 0 bridgehead atoms. The smallest absolute Gasteiger partial charge is 0.201 e. The van der Waals surface area contributed by atoms with E-state index in [0.29, 0.717) is 0 Å². The highest BCUT2D eigenvalue weighted by atomic mass is 15.1. The van der Waals surface area contributed by atoms with Crippen molar-refractivity contribution in [1.82, 2.24) is 0 Å². The molecular formula is C36H34N2+2. The van der Waals surface area contributed by atoms with Crippen molar-refractivity contribution in [3.8, 4) is 33.6 Å². The van der Waals surface area contributed by atoms with Crippen LogP contribution in [0, 0.1) is 0 Å². The van der Waals surface area contributed by atoms with Gasteiger partial charge < -0.3 is 0 Å². The molecule has 38 heavy (non-hydrogen) atoms. The molecule has 2 heteroatoms. The maximum absolute atomic E-state index is 2.52. The third kappa shape index (κ3) is 3.88. The highest BCUT2D eigenvalue weighted by Gasteiger charge is 2.47. The van der Waals surface area contributed by atoms with Crippen LogP contribution in [0.5, 0.6) is 0 Å². The molecule has 2 aromatic heterocycles. The average Bonchev–Trinajstić information content (AvgIpc) is 2.98. The molecule has 0 atom stereocenters. The molecule has 6 rings (SSSR count). The summed E-state index contributed by atoms with van der Waals surface area (Å²) < 4.78 is 4.73. The summed E-state index contributed by atoms with van der Waals surface area (Å²) >= 11 is 0. The Balaban J connectivity index is 1.67. The molecule has 0 N–H and O–H groups in total. The van der Waals surface area contributed by atoms with Gasteiger partial charge in [0.15, 0.2) is 17.9 Å². The normalized spacial score (nSPS) is 14.7. The molecule has 0 spiro atoms. The number of rotatable bonds is 5. The van der Waals surface area contributed by atoms with Crippen LogP contribution >= 0.6 is 0 Å². The largest absolute Gasteiger partial charge is 0.213 e. The molecule has 0 fully saturated rings. The van der Waals surface area contributed by atoms with E-state index in [1.165, 1.54) is 50.3 Å². The quantitative estimate of drug-likeness (QED) is 0.220. The fraction of sp³-hybridized carbons (Fsp3) is 0.167.